The molecule has 0 spiro atoms. The van der Waals surface area contributed by atoms with Crippen molar-refractivity contribution in [1.29, 1.82) is 0 Å². The van der Waals surface area contributed by atoms with Gasteiger partial charge in [-0.2, -0.15) is 0 Å². The molecule has 2 heterocycles. The Kier molecular flexibility index (Phi) is 4.31. The molecular formula is C16H19BrN2O2. The summed E-state index contributed by atoms with van der Waals surface area (Å²) in [5.41, 5.74) is 1.84. The first-order valence-electron chi connectivity index (χ1n) is 7.40. The topological polar surface area (TPSA) is 56.3 Å². The molecule has 1 aromatic carbocycles. The van der Waals surface area contributed by atoms with E-state index in [1.165, 1.54) is 12.8 Å². The van der Waals surface area contributed by atoms with Crippen molar-refractivity contribution in [1.82, 2.24) is 9.88 Å². The number of aromatic nitrogens is 1. The summed E-state index contributed by atoms with van der Waals surface area (Å²) in [5.74, 6) is -0.763. The standard InChI is InChI=1S/C16H19BrN2O2/c17-11-5-6-12-13(10-18-14(12)9-11)15(16(20)21)19-7-3-1-2-4-8-19/h5-6,9-10,15,18H,1-4,7-8H2,(H,20,21)/t15-/m0/s1. The zero-order valence-corrected chi connectivity index (χ0v) is 13.4. The lowest BCUT2D eigenvalue weighted by molar-refractivity contribution is -0.143. The molecule has 0 amide bonds. The molecule has 21 heavy (non-hydrogen) atoms. The Bertz CT molecular complexity index is 645. The smallest absolute Gasteiger partial charge is 0.325 e. The van der Waals surface area contributed by atoms with Crippen molar-refractivity contribution in [2.24, 2.45) is 0 Å². The maximum atomic E-state index is 11.9. The average Bonchev–Trinajstić information content (AvgIpc) is 2.68. The summed E-state index contributed by atoms with van der Waals surface area (Å²) >= 11 is 3.45. The van der Waals surface area contributed by atoms with Crippen LogP contribution in [0.2, 0.25) is 0 Å². The van der Waals surface area contributed by atoms with E-state index >= 15 is 0 Å². The predicted octanol–water partition coefficient (Wildman–Crippen LogP) is 3.93. The highest BCUT2D eigenvalue weighted by Crippen LogP contribution is 2.31. The van der Waals surface area contributed by atoms with Gasteiger partial charge in [0.1, 0.15) is 6.04 Å². The number of hydrogen-bond donors (Lipinski definition) is 2. The van der Waals surface area contributed by atoms with E-state index < -0.39 is 12.0 Å². The van der Waals surface area contributed by atoms with Gasteiger partial charge in [0.15, 0.2) is 0 Å². The zero-order valence-electron chi connectivity index (χ0n) is 11.8. The fourth-order valence-corrected chi connectivity index (χ4v) is 3.55. The van der Waals surface area contributed by atoms with E-state index in [1.807, 2.05) is 24.4 Å². The Labute approximate surface area is 132 Å². The maximum Gasteiger partial charge on any atom is 0.325 e. The molecule has 0 bridgehead atoms. The van der Waals surface area contributed by atoms with Crippen LogP contribution in [0, 0.1) is 0 Å². The van der Waals surface area contributed by atoms with Crippen LogP contribution in [0.25, 0.3) is 10.9 Å². The SMILES string of the molecule is O=C(O)[C@H](c1c[nH]c2cc(Br)ccc12)N1CCCCCC1. The van der Waals surface area contributed by atoms with Crippen molar-refractivity contribution < 1.29 is 9.90 Å². The molecule has 0 radical (unpaired) electrons. The van der Waals surface area contributed by atoms with Gasteiger partial charge < -0.3 is 10.1 Å². The Balaban J connectivity index is 2.00. The molecule has 1 atom stereocenters. The lowest BCUT2D eigenvalue weighted by Gasteiger charge is -2.27. The number of carboxylic acid groups (broad SMARTS) is 1. The molecule has 0 saturated carbocycles. The average molecular weight is 351 g/mol. The van der Waals surface area contributed by atoms with Crippen molar-refractivity contribution in [3.8, 4) is 0 Å². The van der Waals surface area contributed by atoms with E-state index in [2.05, 4.69) is 25.8 Å². The van der Waals surface area contributed by atoms with Crippen LogP contribution in [-0.2, 0) is 4.79 Å². The van der Waals surface area contributed by atoms with Crippen LogP contribution in [0.3, 0.4) is 0 Å². The minimum absolute atomic E-state index is 0.557. The van der Waals surface area contributed by atoms with Gasteiger partial charge in [-0.15, -0.1) is 0 Å². The molecule has 1 saturated heterocycles. The molecule has 1 aliphatic heterocycles. The van der Waals surface area contributed by atoms with E-state index in [0.717, 1.165) is 46.9 Å². The summed E-state index contributed by atoms with van der Waals surface area (Å²) in [7, 11) is 0. The minimum Gasteiger partial charge on any atom is -0.480 e. The third-order valence-electron chi connectivity index (χ3n) is 4.21. The van der Waals surface area contributed by atoms with Crippen LogP contribution in [-0.4, -0.2) is 34.0 Å². The minimum atomic E-state index is -0.763. The quantitative estimate of drug-likeness (QED) is 0.881. The van der Waals surface area contributed by atoms with Crippen LogP contribution in [0.15, 0.2) is 28.9 Å². The van der Waals surface area contributed by atoms with Gasteiger partial charge >= 0.3 is 5.97 Å². The largest absolute Gasteiger partial charge is 0.480 e. The molecule has 4 nitrogen and oxygen atoms in total. The number of carboxylic acids is 1. The Morgan fingerprint density at radius 3 is 2.62 bits per heavy atom. The van der Waals surface area contributed by atoms with Gasteiger partial charge in [0.2, 0.25) is 0 Å². The number of likely N-dealkylation sites (tertiary alicyclic amines) is 1. The summed E-state index contributed by atoms with van der Waals surface area (Å²) in [6.45, 7) is 1.72. The summed E-state index contributed by atoms with van der Waals surface area (Å²) in [6, 6.07) is 5.37. The molecule has 0 unspecified atom stereocenters. The number of benzene rings is 1. The van der Waals surface area contributed by atoms with Gasteiger partial charge in [0.25, 0.3) is 0 Å². The Morgan fingerprint density at radius 1 is 1.24 bits per heavy atom. The number of carbonyl (C=O) groups is 1. The fourth-order valence-electron chi connectivity index (χ4n) is 3.19. The fraction of sp³-hybridized carbons (Fsp3) is 0.438. The van der Waals surface area contributed by atoms with E-state index in [4.69, 9.17) is 0 Å². The van der Waals surface area contributed by atoms with Crippen molar-refractivity contribution in [2.45, 2.75) is 31.7 Å². The molecule has 2 aromatic rings. The van der Waals surface area contributed by atoms with Crippen molar-refractivity contribution in [2.75, 3.05) is 13.1 Å². The van der Waals surface area contributed by atoms with Crippen molar-refractivity contribution in [3.05, 3.63) is 34.4 Å². The number of rotatable bonds is 3. The van der Waals surface area contributed by atoms with Gasteiger partial charge in [-0.05, 0) is 38.1 Å². The maximum absolute atomic E-state index is 11.9. The molecule has 0 aliphatic carbocycles. The second-order valence-electron chi connectivity index (χ2n) is 5.62. The zero-order chi connectivity index (χ0) is 14.8. The van der Waals surface area contributed by atoms with Crippen LogP contribution in [0.1, 0.15) is 37.3 Å². The highest BCUT2D eigenvalue weighted by molar-refractivity contribution is 9.10. The molecule has 2 N–H and O–H groups in total. The molecule has 1 aliphatic rings. The van der Waals surface area contributed by atoms with Gasteiger partial charge in [-0.1, -0.05) is 34.8 Å². The highest BCUT2D eigenvalue weighted by Gasteiger charge is 2.29. The number of fused-ring (bicyclic) bond motifs is 1. The van der Waals surface area contributed by atoms with Crippen LogP contribution < -0.4 is 0 Å². The number of halogens is 1. The molecule has 1 aromatic heterocycles. The first-order chi connectivity index (χ1) is 10.2. The van der Waals surface area contributed by atoms with E-state index in [9.17, 15) is 9.90 Å². The number of hydrogen-bond acceptors (Lipinski definition) is 2. The van der Waals surface area contributed by atoms with Crippen LogP contribution >= 0.6 is 15.9 Å². The first-order valence-corrected chi connectivity index (χ1v) is 8.19. The van der Waals surface area contributed by atoms with Gasteiger partial charge in [-0.25, -0.2) is 0 Å². The molecular weight excluding hydrogens is 332 g/mol. The third-order valence-corrected chi connectivity index (χ3v) is 4.70. The highest BCUT2D eigenvalue weighted by atomic mass is 79.9. The first kappa shape index (κ1) is 14.6. The van der Waals surface area contributed by atoms with Gasteiger partial charge in [0.05, 0.1) is 0 Å². The predicted molar refractivity (Wildman–Crippen MR) is 86.4 cm³/mol. The summed E-state index contributed by atoms with van der Waals surface area (Å²) in [6.07, 6.45) is 6.41. The van der Waals surface area contributed by atoms with E-state index in [0.29, 0.717) is 0 Å². The lowest BCUT2D eigenvalue weighted by Crippen LogP contribution is -2.34. The summed E-state index contributed by atoms with van der Waals surface area (Å²) in [5, 5.41) is 10.7. The number of aromatic amines is 1. The molecule has 5 heteroatoms. The number of nitrogens with zero attached hydrogens (tertiary/aromatic N) is 1. The van der Waals surface area contributed by atoms with Crippen molar-refractivity contribution in [3.63, 3.8) is 0 Å². The van der Waals surface area contributed by atoms with E-state index in [-0.39, 0.29) is 0 Å². The number of aliphatic carboxylic acids is 1. The second-order valence-corrected chi connectivity index (χ2v) is 6.54. The summed E-state index contributed by atoms with van der Waals surface area (Å²) < 4.78 is 0.991. The van der Waals surface area contributed by atoms with Crippen LogP contribution in [0.4, 0.5) is 0 Å². The molecule has 3 rings (SSSR count). The van der Waals surface area contributed by atoms with Crippen molar-refractivity contribution >= 4 is 32.8 Å². The molecule has 112 valence electrons. The lowest BCUT2D eigenvalue weighted by atomic mass is 10.0. The summed E-state index contributed by atoms with van der Waals surface area (Å²) in [4.78, 5) is 17.2. The normalized spacial score (nSPS) is 18.5. The molecule has 1 fully saturated rings. The van der Waals surface area contributed by atoms with E-state index in [1.54, 1.807) is 0 Å². The second kappa shape index (κ2) is 6.20. The monoisotopic (exact) mass is 350 g/mol. The van der Waals surface area contributed by atoms with Gasteiger partial charge in [0, 0.05) is 27.1 Å². The Morgan fingerprint density at radius 2 is 1.95 bits per heavy atom. The third kappa shape index (κ3) is 2.99. The van der Waals surface area contributed by atoms with Gasteiger partial charge in [-0.3, -0.25) is 9.69 Å². The van der Waals surface area contributed by atoms with Crippen LogP contribution in [0.5, 0.6) is 0 Å². The number of H-pyrrole nitrogens is 1. The Hall–Kier alpha value is -1.33. The number of nitrogens with one attached hydrogen (secondary N) is 1.